The SMILES string of the molecule is Cc1cccc(CN(CCNC(=O)NC(C)C)S(C)(=O)=O)c1. The minimum atomic E-state index is -3.34. The van der Waals surface area contributed by atoms with Crippen LogP contribution in [0.25, 0.3) is 0 Å². The molecule has 1 rings (SSSR count). The number of amides is 2. The maximum atomic E-state index is 11.9. The van der Waals surface area contributed by atoms with Gasteiger partial charge in [0.05, 0.1) is 6.26 Å². The van der Waals surface area contributed by atoms with E-state index in [1.165, 1.54) is 10.6 Å². The number of carbonyl (C=O) groups is 1. The van der Waals surface area contributed by atoms with E-state index < -0.39 is 10.0 Å². The summed E-state index contributed by atoms with van der Waals surface area (Å²) in [6, 6.07) is 7.46. The van der Waals surface area contributed by atoms with Crippen molar-refractivity contribution in [1.82, 2.24) is 14.9 Å². The first-order valence-electron chi connectivity index (χ1n) is 7.23. The van der Waals surface area contributed by atoms with Crippen LogP contribution in [0, 0.1) is 6.92 Å². The second-order valence-electron chi connectivity index (χ2n) is 5.64. The van der Waals surface area contributed by atoms with E-state index >= 15 is 0 Å². The average molecular weight is 327 g/mol. The Balaban J connectivity index is 2.61. The van der Waals surface area contributed by atoms with Crippen molar-refractivity contribution in [2.45, 2.75) is 33.4 Å². The lowest BCUT2D eigenvalue weighted by Gasteiger charge is -2.20. The Labute approximate surface area is 132 Å². The summed E-state index contributed by atoms with van der Waals surface area (Å²) in [5, 5.41) is 5.35. The topological polar surface area (TPSA) is 78.5 Å². The summed E-state index contributed by atoms with van der Waals surface area (Å²) in [6.45, 7) is 6.48. The van der Waals surface area contributed by atoms with Crippen molar-refractivity contribution in [2.24, 2.45) is 0 Å². The van der Waals surface area contributed by atoms with E-state index in [1.54, 1.807) is 0 Å². The molecule has 0 spiro atoms. The fourth-order valence-corrected chi connectivity index (χ4v) is 2.79. The highest BCUT2D eigenvalue weighted by Gasteiger charge is 2.17. The molecule has 1 aromatic rings. The van der Waals surface area contributed by atoms with Crippen molar-refractivity contribution in [1.29, 1.82) is 0 Å². The Morgan fingerprint density at radius 3 is 2.55 bits per heavy atom. The largest absolute Gasteiger partial charge is 0.337 e. The van der Waals surface area contributed by atoms with Crippen LogP contribution in [0.4, 0.5) is 4.79 Å². The zero-order valence-corrected chi connectivity index (χ0v) is 14.4. The minimum absolute atomic E-state index is 0.0401. The molecule has 2 N–H and O–H groups in total. The monoisotopic (exact) mass is 327 g/mol. The van der Waals surface area contributed by atoms with Crippen LogP contribution in [0.5, 0.6) is 0 Å². The van der Waals surface area contributed by atoms with E-state index in [2.05, 4.69) is 10.6 Å². The number of rotatable bonds is 7. The molecule has 0 heterocycles. The molecule has 0 unspecified atom stereocenters. The molecule has 22 heavy (non-hydrogen) atoms. The zero-order valence-electron chi connectivity index (χ0n) is 13.6. The van der Waals surface area contributed by atoms with Crippen LogP contribution in [0.15, 0.2) is 24.3 Å². The molecule has 0 aliphatic carbocycles. The summed E-state index contributed by atoms with van der Waals surface area (Å²) in [5.41, 5.74) is 2.01. The van der Waals surface area contributed by atoms with Gasteiger partial charge in [0, 0.05) is 25.7 Å². The molecule has 2 amide bonds. The third-order valence-corrected chi connectivity index (χ3v) is 4.23. The molecule has 0 bridgehead atoms. The summed E-state index contributed by atoms with van der Waals surface area (Å²) < 4.78 is 25.1. The van der Waals surface area contributed by atoms with Crippen molar-refractivity contribution in [3.05, 3.63) is 35.4 Å². The standard InChI is InChI=1S/C15H25N3O3S/c1-12(2)17-15(19)16-8-9-18(22(4,20)21)11-14-7-5-6-13(3)10-14/h5-7,10,12H,8-9,11H2,1-4H3,(H2,16,17,19). The Morgan fingerprint density at radius 2 is 2.00 bits per heavy atom. The quantitative estimate of drug-likeness (QED) is 0.796. The summed E-state index contributed by atoms with van der Waals surface area (Å²) in [5.74, 6) is 0. The first-order valence-corrected chi connectivity index (χ1v) is 9.08. The number of nitrogens with zero attached hydrogens (tertiary/aromatic N) is 1. The van der Waals surface area contributed by atoms with Gasteiger partial charge in [-0.05, 0) is 26.3 Å². The van der Waals surface area contributed by atoms with E-state index in [4.69, 9.17) is 0 Å². The molecule has 0 fully saturated rings. The van der Waals surface area contributed by atoms with Crippen molar-refractivity contribution >= 4 is 16.1 Å². The first-order chi connectivity index (χ1) is 10.2. The summed E-state index contributed by atoms with van der Waals surface area (Å²) in [4.78, 5) is 11.5. The third-order valence-electron chi connectivity index (χ3n) is 2.98. The van der Waals surface area contributed by atoms with Gasteiger partial charge in [0.15, 0.2) is 0 Å². The van der Waals surface area contributed by atoms with Gasteiger partial charge in [-0.15, -0.1) is 0 Å². The molecular weight excluding hydrogens is 302 g/mol. The second-order valence-corrected chi connectivity index (χ2v) is 7.62. The molecule has 1 aromatic carbocycles. The number of carbonyl (C=O) groups excluding carboxylic acids is 1. The number of hydrogen-bond acceptors (Lipinski definition) is 3. The van der Waals surface area contributed by atoms with Crippen molar-refractivity contribution < 1.29 is 13.2 Å². The van der Waals surface area contributed by atoms with Crippen molar-refractivity contribution in [3.8, 4) is 0 Å². The van der Waals surface area contributed by atoms with Crippen LogP contribution >= 0.6 is 0 Å². The molecular formula is C15H25N3O3S. The number of benzene rings is 1. The average Bonchev–Trinajstić information content (AvgIpc) is 2.35. The summed E-state index contributed by atoms with van der Waals surface area (Å²) in [6.07, 6.45) is 1.18. The van der Waals surface area contributed by atoms with Gasteiger partial charge in [-0.1, -0.05) is 29.8 Å². The molecule has 0 saturated heterocycles. The molecule has 0 saturated carbocycles. The van der Waals surface area contributed by atoms with Crippen LogP contribution < -0.4 is 10.6 Å². The van der Waals surface area contributed by atoms with E-state index in [-0.39, 0.29) is 25.2 Å². The smallest absolute Gasteiger partial charge is 0.315 e. The Bertz CT molecular complexity index is 600. The van der Waals surface area contributed by atoms with Gasteiger partial charge in [0.2, 0.25) is 10.0 Å². The van der Waals surface area contributed by atoms with E-state index in [0.29, 0.717) is 6.54 Å². The normalized spacial score (nSPS) is 11.7. The van der Waals surface area contributed by atoms with E-state index in [0.717, 1.165) is 11.1 Å². The maximum absolute atomic E-state index is 11.9. The second kappa shape index (κ2) is 8.14. The molecule has 0 aromatic heterocycles. The summed E-state index contributed by atoms with van der Waals surface area (Å²) in [7, 11) is -3.34. The Morgan fingerprint density at radius 1 is 1.32 bits per heavy atom. The van der Waals surface area contributed by atoms with E-state index in [9.17, 15) is 13.2 Å². The molecule has 6 nitrogen and oxygen atoms in total. The Hall–Kier alpha value is -1.60. The van der Waals surface area contributed by atoms with Crippen molar-refractivity contribution in [2.75, 3.05) is 19.3 Å². The predicted octanol–water partition coefficient (Wildman–Crippen LogP) is 1.46. The van der Waals surface area contributed by atoms with Crippen LogP contribution in [0.1, 0.15) is 25.0 Å². The molecule has 0 aliphatic rings. The lowest BCUT2D eigenvalue weighted by molar-refractivity contribution is 0.237. The predicted molar refractivity (Wildman–Crippen MR) is 88.1 cm³/mol. The Kier molecular flexibility index (Phi) is 6.83. The fraction of sp³-hybridized carbons (Fsp3) is 0.533. The number of sulfonamides is 1. The molecule has 0 atom stereocenters. The van der Waals surface area contributed by atoms with Gasteiger partial charge in [-0.3, -0.25) is 0 Å². The molecule has 0 radical (unpaired) electrons. The fourth-order valence-electron chi connectivity index (χ4n) is 1.98. The van der Waals surface area contributed by atoms with Crippen LogP contribution in [0.3, 0.4) is 0 Å². The van der Waals surface area contributed by atoms with Gasteiger partial charge in [0.25, 0.3) is 0 Å². The molecule has 0 aliphatic heterocycles. The number of aryl methyl sites for hydroxylation is 1. The number of nitrogens with one attached hydrogen (secondary N) is 2. The van der Waals surface area contributed by atoms with Crippen LogP contribution in [-0.2, 0) is 16.6 Å². The lowest BCUT2D eigenvalue weighted by Crippen LogP contribution is -2.43. The number of urea groups is 1. The van der Waals surface area contributed by atoms with Gasteiger partial charge >= 0.3 is 6.03 Å². The lowest BCUT2D eigenvalue weighted by atomic mass is 10.1. The van der Waals surface area contributed by atoms with Gasteiger partial charge in [0.1, 0.15) is 0 Å². The van der Waals surface area contributed by atoms with Gasteiger partial charge in [-0.25, -0.2) is 13.2 Å². The highest BCUT2D eigenvalue weighted by Crippen LogP contribution is 2.10. The maximum Gasteiger partial charge on any atom is 0.315 e. The van der Waals surface area contributed by atoms with Gasteiger partial charge < -0.3 is 10.6 Å². The van der Waals surface area contributed by atoms with E-state index in [1.807, 2.05) is 45.0 Å². The van der Waals surface area contributed by atoms with Gasteiger partial charge in [-0.2, -0.15) is 4.31 Å². The van der Waals surface area contributed by atoms with Crippen LogP contribution in [0.2, 0.25) is 0 Å². The zero-order chi connectivity index (χ0) is 16.8. The molecule has 7 heteroatoms. The highest BCUT2D eigenvalue weighted by atomic mass is 32.2. The first kappa shape index (κ1) is 18.4. The highest BCUT2D eigenvalue weighted by molar-refractivity contribution is 7.88. The van der Waals surface area contributed by atoms with Crippen molar-refractivity contribution in [3.63, 3.8) is 0 Å². The molecule has 124 valence electrons. The third kappa shape index (κ3) is 6.91. The van der Waals surface area contributed by atoms with Crippen LogP contribution in [-0.4, -0.2) is 44.1 Å². The minimum Gasteiger partial charge on any atom is -0.337 e. The number of hydrogen-bond donors (Lipinski definition) is 2. The summed E-state index contributed by atoms with van der Waals surface area (Å²) >= 11 is 0.